The van der Waals surface area contributed by atoms with Gasteiger partial charge in [-0.2, -0.15) is 0 Å². The Morgan fingerprint density at radius 2 is 1.62 bits per heavy atom. The molecule has 0 aliphatic heterocycles. The van der Waals surface area contributed by atoms with Crippen molar-refractivity contribution in [1.82, 2.24) is 0 Å². The van der Waals surface area contributed by atoms with E-state index in [-0.39, 0.29) is 17.6 Å². The molecule has 0 unspecified atom stereocenters. The van der Waals surface area contributed by atoms with Crippen molar-refractivity contribution >= 4 is 29.0 Å². The molecule has 0 atom stereocenters. The van der Waals surface area contributed by atoms with Crippen LogP contribution >= 0.6 is 11.6 Å². The zero-order chi connectivity index (χ0) is 15.2. The standard InChI is InChI=1S/C17H16ClNO2/c1-13(20)15-9-7-14(8-10-15)12-19(17(21)11-18)16-5-3-2-4-6-16/h2-10H,11-12H2,1H3. The van der Waals surface area contributed by atoms with Crippen molar-refractivity contribution < 1.29 is 9.59 Å². The van der Waals surface area contributed by atoms with E-state index < -0.39 is 0 Å². The summed E-state index contributed by atoms with van der Waals surface area (Å²) in [6, 6.07) is 16.6. The molecule has 0 fully saturated rings. The molecular formula is C17H16ClNO2. The van der Waals surface area contributed by atoms with Gasteiger partial charge in [-0.1, -0.05) is 42.5 Å². The van der Waals surface area contributed by atoms with Crippen LogP contribution in [0.3, 0.4) is 0 Å². The molecule has 0 saturated heterocycles. The molecule has 0 N–H and O–H groups in total. The van der Waals surface area contributed by atoms with Gasteiger partial charge in [0.2, 0.25) is 5.91 Å². The van der Waals surface area contributed by atoms with Crippen LogP contribution in [0.15, 0.2) is 54.6 Å². The lowest BCUT2D eigenvalue weighted by Crippen LogP contribution is -2.31. The van der Waals surface area contributed by atoms with Gasteiger partial charge in [-0.3, -0.25) is 9.59 Å². The number of carbonyl (C=O) groups excluding carboxylic acids is 2. The number of anilines is 1. The molecule has 108 valence electrons. The SMILES string of the molecule is CC(=O)c1ccc(CN(C(=O)CCl)c2ccccc2)cc1. The first-order chi connectivity index (χ1) is 10.1. The predicted octanol–water partition coefficient (Wildman–Crippen LogP) is 3.66. The molecule has 21 heavy (non-hydrogen) atoms. The summed E-state index contributed by atoms with van der Waals surface area (Å²) in [5.41, 5.74) is 2.41. The van der Waals surface area contributed by atoms with Gasteiger partial charge >= 0.3 is 0 Å². The minimum atomic E-state index is -0.154. The number of alkyl halides is 1. The average molecular weight is 302 g/mol. The van der Waals surface area contributed by atoms with Crippen LogP contribution in [-0.4, -0.2) is 17.6 Å². The lowest BCUT2D eigenvalue weighted by molar-refractivity contribution is -0.116. The predicted molar refractivity (Wildman–Crippen MR) is 84.8 cm³/mol. The molecule has 0 heterocycles. The van der Waals surface area contributed by atoms with Crippen LogP contribution in [0, 0.1) is 0 Å². The Morgan fingerprint density at radius 3 is 2.14 bits per heavy atom. The number of hydrogen-bond donors (Lipinski definition) is 0. The number of nitrogens with zero attached hydrogens (tertiary/aromatic N) is 1. The van der Waals surface area contributed by atoms with E-state index in [1.54, 1.807) is 17.0 Å². The number of benzene rings is 2. The van der Waals surface area contributed by atoms with Crippen molar-refractivity contribution in [2.45, 2.75) is 13.5 Å². The number of Topliss-reactive ketones (excluding diaryl/α,β-unsaturated/α-hetero) is 1. The first-order valence-electron chi connectivity index (χ1n) is 6.63. The third kappa shape index (κ3) is 3.92. The molecule has 0 saturated carbocycles. The van der Waals surface area contributed by atoms with Crippen LogP contribution in [0.2, 0.25) is 0 Å². The summed E-state index contributed by atoms with van der Waals surface area (Å²) in [4.78, 5) is 24.9. The molecule has 0 aliphatic carbocycles. The highest BCUT2D eigenvalue weighted by atomic mass is 35.5. The highest BCUT2D eigenvalue weighted by Gasteiger charge is 2.15. The number of halogens is 1. The van der Waals surface area contributed by atoms with Crippen molar-refractivity contribution in [3.8, 4) is 0 Å². The first-order valence-corrected chi connectivity index (χ1v) is 7.16. The maximum Gasteiger partial charge on any atom is 0.242 e. The topological polar surface area (TPSA) is 37.4 Å². The molecular weight excluding hydrogens is 286 g/mol. The van der Waals surface area contributed by atoms with E-state index in [0.717, 1.165) is 11.3 Å². The summed E-state index contributed by atoms with van der Waals surface area (Å²) in [5, 5.41) is 0. The second-order valence-corrected chi connectivity index (χ2v) is 4.97. The minimum absolute atomic E-state index is 0.0262. The Labute approximate surface area is 129 Å². The lowest BCUT2D eigenvalue weighted by atomic mass is 10.1. The summed E-state index contributed by atoms with van der Waals surface area (Å²) in [5.74, 6) is -0.197. The van der Waals surface area contributed by atoms with Crippen LogP contribution in [0.1, 0.15) is 22.8 Å². The van der Waals surface area contributed by atoms with E-state index in [9.17, 15) is 9.59 Å². The smallest absolute Gasteiger partial charge is 0.242 e. The summed E-state index contributed by atoms with van der Waals surface area (Å²) in [6.45, 7) is 1.95. The fraction of sp³-hybridized carbons (Fsp3) is 0.176. The van der Waals surface area contributed by atoms with Gasteiger partial charge in [0, 0.05) is 11.3 Å². The largest absolute Gasteiger partial charge is 0.307 e. The van der Waals surface area contributed by atoms with Crippen LogP contribution in [-0.2, 0) is 11.3 Å². The van der Waals surface area contributed by atoms with Gasteiger partial charge in [0.05, 0.1) is 6.54 Å². The average Bonchev–Trinajstić information content (AvgIpc) is 2.53. The number of para-hydroxylation sites is 1. The van der Waals surface area contributed by atoms with Crippen molar-refractivity contribution in [3.63, 3.8) is 0 Å². The Kier molecular flexibility index (Phi) is 5.12. The Bertz CT molecular complexity index is 623. The lowest BCUT2D eigenvalue weighted by Gasteiger charge is -2.22. The maximum atomic E-state index is 12.0. The normalized spacial score (nSPS) is 10.2. The van der Waals surface area contributed by atoms with Crippen LogP contribution < -0.4 is 4.90 Å². The van der Waals surface area contributed by atoms with Crippen molar-refractivity contribution in [2.24, 2.45) is 0 Å². The zero-order valence-corrected chi connectivity index (χ0v) is 12.5. The second-order valence-electron chi connectivity index (χ2n) is 4.70. The highest BCUT2D eigenvalue weighted by molar-refractivity contribution is 6.29. The molecule has 0 spiro atoms. The summed E-state index contributed by atoms with van der Waals surface area (Å²) in [6.07, 6.45) is 0. The Morgan fingerprint density at radius 1 is 1.00 bits per heavy atom. The van der Waals surface area contributed by atoms with Gasteiger partial charge in [0.25, 0.3) is 0 Å². The molecule has 0 radical (unpaired) electrons. The fourth-order valence-electron chi connectivity index (χ4n) is 2.03. The molecule has 3 nitrogen and oxygen atoms in total. The summed E-state index contributed by atoms with van der Waals surface area (Å²) in [7, 11) is 0. The van der Waals surface area contributed by atoms with Crippen molar-refractivity contribution in [1.29, 1.82) is 0 Å². The van der Waals surface area contributed by atoms with Gasteiger partial charge < -0.3 is 4.90 Å². The van der Waals surface area contributed by atoms with E-state index in [2.05, 4.69) is 0 Å². The van der Waals surface area contributed by atoms with Gasteiger partial charge in [0.15, 0.2) is 5.78 Å². The van der Waals surface area contributed by atoms with Crippen LogP contribution in [0.25, 0.3) is 0 Å². The molecule has 2 rings (SSSR count). The second kappa shape index (κ2) is 7.04. The third-order valence-corrected chi connectivity index (χ3v) is 3.41. The quantitative estimate of drug-likeness (QED) is 0.624. The Hall–Kier alpha value is -2.13. The number of rotatable bonds is 5. The number of ketones is 1. The molecule has 0 aliphatic rings. The van der Waals surface area contributed by atoms with E-state index in [4.69, 9.17) is 11.6 Å². The van der Waals surface area contributed by atoms with E-state index in [1.807, 2.05) is 42.5 Å². The highest BCUT2D eigenvalue weighted by Crippen LogP contribution is 2.18. The summed E-state index contributed by atoms with van der Waals surface area (Å²) >= 11 is 5.69. The molecule has 2 aromatic carbocycles. The van der Waals surface area contributed by atoms with E-state index in [1.165, 1.54) is 6.92 Å². The van der Waals surface area contributed by atoms with Crippen molar-refractivity contribution in [2.75, 3.05) is 10.8 Å². The van der Waals surface area contributed by atoms with E-state index >= 15 is 0 Å². The van der Waals surface area contributed by atoms with Gasteiger partial charge in [-0.05, 0) is 24.6 Å². The molecule has 2 aromatic rings. The molecule has 0 aromatic heterocycles. The minimum Gasteiger partial charge on any atom is -0.307 e. The van der Waals surface area contributed by atoms with Gasteiger partial charge in [0.1, 0.15) is 5.88 Å². The van der Waals surface area contributed by atoms with Crippen LogP contribution in [0.5, 0.6) is 0 Å². The van der Waals surface area contributed by atoms with E-state index in [0.29, 0.717) is 12.1 Å². The Balaban J connectivity index is 2.23. The number of carbonyl (C=O) groups is 2. The van der Waals surface area contributed by atoms with Gasteiger partial charge in [-0.25, -0.2) is 0 Å². The molecule has 1 amide bonds. The number of hydrogen-bond acceptors (Lipinski definition) is 2. The fourth-order valence-corrected chi connectivity index (χ4v) is 2.18. The summed E-state index contributed by atoms with van der Waals surface area (Å²) < 4.78 is 0. The zero-order valence-electron chi connectivity index (χ0n) is 11.8. The third-order valence-electron chi connectivity index (χ3n) is 3.18. The maximum absolute atomic E-state index is 12.0. The van der Waals surface area contributed by atoms with Gasteiger partial charge in [-0.15, -0.1) is 11.6 Å². The first kappa shape index (κ1) is 15.3. The van der Waals surface area contributed by atoms with Crippen molar-refractivity contribution in [3.05, 3.63) is 65.7 Å². The number of amides is 1. The molecule has 4 heteroatoms. The monoisotopic (exact) mass is 301 g/mol. The molecule has 0 bridgehead atoms. The van der Waals surface area contributed by atoms with Crippen LogP contribution in [0.4, 0.5) is 5.69 Å².